The van der Waals surface area contributed by atoms with Gasteiger partial charge in [-0.3, -0.25) is 9.36 Å². The molecule has 1 N–H and O–H groups in total. The summed E-state index contributed by atoms with van der Waals surface area (Å²) in [4.78, 5) is 0. The van der Waals surface area contributed by atoms with Crippen LogP contribution in [0.4, 0.5) is 0 Å². The van der Waals surface area contributed by atoms with Gasteiger partial charge in [-0.25, -0.2) is 0 Å². The Bertz CT molecular complexity index is 777. The quantitative estimate of drug-likeness (QED) is 0.806. The largest absolute Gasteiger partial charge is 0.380 e. The van der Waals surface area contributed by atoms with Crippen molar-refractivity contribution in [3.05, 3.63) is 46.9 Å². The van der Waals surface area contributed by atoms with E-state index >= 15 is 0 Å². The molecule has 21 heavy (non-hydrogen) atoms. The molecule has 1 atom stereocenters. The van der Waals surface area contributed by atoms with Crippen LogP contribution in [0.25, 0.3) is 10.9 Å². The number of aromatic nitrogens is 4. The van der Waals surface area contributed by atoms with E-state index in [1.165, 1.54) is 0 Å². The molecule has 0 aliphatic rings. The van der Waals surface area contributed by atoms with Crippen LogP contribution in [0.15, 0.2) is 30.5 Å². The molecule has 3 rings (SSSR count). The highest BCUT2D eigenvalue weighted by atomic mass is 35.5. The minimum absolute atomic E-state index is 0.464. The van der Waals surface area contributed by atoms with Gasteiger partial charge in [0.2, 0.25) is 0 Å². The molecule has 3 aromatic rings. The second kappa shape index (κ2) is 5.50. The zero-order valence-electron chi connectivity index (χ0n) is 12.0. The van der Waals surface area contributed by atoms with Crippen molar-refractivity contribution in [2.24, 2.45) is 7.05 Å². The highest BCUT2D eigenvalue weighted by molar-refractivity contribution is 6.31. The van der Waals surface area contributed by atoms with Gasteiger partial charge in [-0.05, 0) is 12.5 Å². The molecule has 5 nitrogen and oxygen atoms in total. The molecule has 0 aliphatic heterocycles. The minimum atomic E-state index is -0.891. The van der Waals surface area contributed by atoms with E-state index in [-0.39, 0.29) is 0 Å². The lowest BCUT2D eigenvalue weighted by atomic mass is 10.1. The Morgan fingerprint density at radius 2 is 2.10 bits per heavy atom. The summed E-state index contributed by atoms with van der Waals surface area (Å²) in [5.74, 6) is 0. The van der Waals surface area contributed by atoms with Crippen LogP contribution >= 0.6 is 11.6 Å². The van der Waals surface area contributed by atoms with E-state index in [0.717, 1.165) is 17.3 Å². The second-order valence-corrected chi connectivity index (χ2v) is 5.44. The average molecular weight is 305 g/mol. The van der Waals surface area contributed by atoms with Crippen LogP contribution in [0.2, 0.25) is 5.02 Å². The number of nitrogens with zero attached hydrogens (tertiary/aromatic N) is 4. The average Bonchev–Trinajstić information content (AvgIpc) is 3.01. The predicted octanol–water partition coefficient (Wildman–Crippen LogP) is 2.91. The van der Waals surface area contributed by atoms with Gasteiger partial charge in [0, 0.05) is 19.0 Å². The molecular formula is C15H17ClN4O. The molecule has 0 saturated carbocycles. The van der Waals surface area contributed by atoms with E-state index in [1.807, 2.05) is 31.3 Å². The Morgan fingerprint density at radius 3 is 2.86 bits per heavy atom. The maximum atomic E-state index is 10.8. The smallest absolute Gasteiger partial charge is 0.141 e. The molecule has 0 amide bonds. The number of para-hydroxylation sites is 1. The number of aliphatic hydroxyl groups is 1. The third-order valence-electron chi connectivity index (χ3n) is 3.57. The Labute approximate surface area is 127 Å². The van der Waals surface area contributed by atoms with Crippen LogP contribution in [0.5, 0.6) is 0 Å². The molecule has 1 unspecified atom stereocenters. The SMILES string of the molecule is CCCn1ncc(Cl)c1C(O)c1nn(C)c2ccccc12. The predicted molar refractivity (Wildman–Crippen MR) is 82.3 cm³/mol. The Hall–Kier alpha value is -1.85. The maximum Gasteiger partial charge on any atom is 0.141 e. The Balaban J connectivity index is 2.13. The van der Waals surface area contributed by atoms with Crippen molar-refractivity contribution in [3.8, 4) is 0 Å². The minimum Gasteiger partial charge on any atom is -0.380 e. The molecule has 2 heterocycles. The van der Waals surface area contributed by atoms with Gasteiger partial charge in [0.05, 0.1) is 22.4 Å². The van der Waals surface area contributed by atoms with Crippen molar-refractivity contribution >= 4 is 22.5 Å². The van der Waals surface area contributed by atoms with Crippen LogP contribution < -0.4 is 0 Å². The van der Waals surface area contributed by atoms with Crippen molar-refractivity contribution in [2.75, 3.05) is 0 Å². The third kappa shape index (κ3) is 2.32. The summed E-state index contributed by atoms with van der Waals surface area (Å²) >= 11 is 6.21. The van der Waals surface area contributed by atoms with Gasteiger partial charge in [-0.2, -0.15) is 10.2 Å². The van der Waals surface area contributed by atoms with Crippen molar-refractivity contribution in [1.29, 1.82) is 0 Å². The van der Waals surface area contributed by atoms with Gasteiger partial charge in [0.25, 0.3) is 0 Å². The number of aliphatic hydroxyl groups excluding tert-OH is 1. The van der Waals surface area contributed by atoms with Gasteiger partial charge in [-0.15, -0.1) is 0 Å². The first-order chi connectivity index (χ1) is 10.1. The first kappa shape index (κ1) is 14.1. The summed E-state index contributed by atoms with van der Waals surface area (Å²) < 4.78 is 3.51. The van der Waals surface area contributed by atoms with Crippen LogP contribution in [-0.2, 0) is 13.6 Å². The molecule has 0 radical (unpaired) electrons. The van der Waals surface area contributed by atoms with Crippen molar-refractivity contribution < 1.29 is 5.11 Å². The normalized spacial score (nSPS) is 13.0. The summed E-state index contributed by atoms with van der Waals surface area (Å²) in [7, 11) is 1.86. The second-order valence-electron chi connectivity index (χ2n) is 5.03. The van der Waals surface area contributed by atoms with Gasteiger partial charge in [0.15, 0.2) is 0 Å². The molecule has 0 fully saturated rings. The van der Waals surface area contributed by atoms with Crippen molar-refractivity contribution in [2.45, 2.75) is 26.0 Å². The van der Waals surface area contributed by atoms with E-state index in [9.17, 15) is 5.11 Å². The van der Waals surface area contributed by atoms with E-state index in [2.05, 4.69) is 17.1 Å². The summed E-state index contributed by atoms with van der Waals surface area (Å²) in [6.07, 6.45) is 1.60. The lowest BCUT2D eigenvalue weighted by molar-refractivity contribution is 0.203. The number of rotatable bonds is 4. The fourth-order valence-electron chi connectivity index (χ4n) is 2.61. The molecule has 0 bridgehead atoms. The first-order valence-electron chi connectivity index (χ1n) is 6.94. The summed E-state index contributed by atoms with van der Waals surface area (Å²) in [6, 6.07) is 7.82. The highest BCUT2D eigenvalue weighted by Gasteiger charge is 2.24. The molecule has 0 spiro atoms. The molecule has 1 aromatic carbocycles. The molecule has 0 aliphatic carbocycles. The molecule has 2 aromatic heterocycles. The molecule has 0 saturated heterocycles. The van der Waals surface area contributed by atoms with E-state index < -0.39 is 6.10 Å². The van der Waals surface area contributed by atoms with E-state index in [0.29, 0.717) is 23.0 Å². The van der Waals surface area contributed by atoms with Gasteiger partial charge < -0.3 is 5.11 Å². The van der Waals surface area contributed by atoms with E-state index in [1.54, 1.807) is 15.6 Å². The maximum absolute atomic E-state index is 10.8. The zero-order valence-corrected chi connectivity index (χ0v) is 12.7. The fraction of sp³-hybridized carbons (Fsp3) is 0.333. The van der Waals surface area contributed by atoms with Gasteiger partial charge in [0.1, 0.15) is 11.8 Å². The number of aryl methyl sites for hydroxylation is 2. The highest BCUT2D eigenvalue weighted by Crippen LogP contribution is 2.31. The number of hydrogen-bond donors (Lipinski definition) is 1. The van der Waals surface area contributed by atoms with Crippen LogP contribution in [-0.4, -0.2) is 24.7 Å². The third-order valence-corrected chi connectivity index (χ3v) is 3.86. The van der Waals surface area contributed by atoms with Crippen LogP contribution in [0.3, 0.4) is 0 Å². The lowest BCUT2D eigenvalue weighted by Crippen LogP contribution is -2.11. The van der Waals surface area contributed by atoms with Crippen LogP contribution in [0, 0.1) is 0 Å². The molecule has 6 heteroatoms. The monoisotopic (exact) mass is 304 g/mol. The first-order valence-corrected chi connectivity index (χ1v) is 7.32. The standard InChI is InChI=1S/C15H17ClN4O/c1-3-8-20-14(11(16)9-17-20)15(21)13-10-6-4-5-7-12(10)19(2)18-13/h4-7,9,15,21H,3,8H2,1-2H3. The Kier molecular flexibility index (Phi) is 3.69. The summed E-state index contributed by atoms with van der Waals surface area (Å²) in [5, 5.41) is 20.8. The van der Waals surface area contributed by atoms with Crippen molar-refractivity contribution in [1.82, 2.24) is 19.6 Å². The zero-order chi connectivity index (χ0) is 15.0. The van der Waals surface area contributed by atoms with Gasteiger partial charge >= 0.3 is 0 Å². The summed E-state index contributed by atoms with van der Waals surface area (Å²) in [6.45, 7) is 2.77. The molecular weight excluding hydrogens is 288 g/mol. The molecule has 110 valence electrons. The van der Waals surface area contributed by atoms with Gasteiger partial charge in [-0.1, -0.05) is 36.7 Å². The van der Waals surface area contributed by atoms with Crippen molar-refractivity contribution in [3.63, 3.8) is 0 Å². The fourth-order valence-corrected chi connectivity index (χ4v) is 2.85. The number of halogens is 1. The lowest BCUT2D eigenvalue weighted by Gasteiger charge is -2.12. The van der Waals surface area contributed by atoms with Crippen LogP contribution in [0.1, 0.15) is 30.8 Å². The van der Waals surface area contributed by atoms with E-state index in [4.69, 9.17) is 11.6 Å². The Morgan fingerprint density at radius 1 is 1.33 bits per heavy atom. The summed E-state index contributed by atoms with van der Waals surface area (Å²) in [5.41, 5.74) is 2.18. The topological polar surface area (TPSA) is 55.9 Å². The number of fused-ring (bicyclic) bond motifs is 1. The number of hydrogen-bond acceptors (Lipinski definition) is 3. The number of benzene rings is 1.